The Kier molecular flexibility index (Phi) is 3.02. The SMILES string of the molecule is CCc1ncc2cc(CCCN)ccn12. The van der Waals surface area contributed by atoms with Gasteiger partial charge in [0.2, 0.25) is 0 Å². The maximum atomic E-state index is 5.50. The first-order valence-electron chi connectivity index (χ1n) is 5.50. The summed E-state index contributed by atoms with van der Waals surface area (Å²) in [4.78, 5) is 4.37. The van der Waals surface area contributed by atoms with Crippen LogP contribution in [0.1, 0.15) is 24.7 Å². The maximum absolute atomic E-state index is 5.50. The molecule has 0 atom stereocenters. The number of rotatable bonds is 4. The number of pyridine rings is 1. The molecule has 0 aromatic carbocycles. The Morgan fingerprint density at radius 1 is 1.47 bits per heavy atom. The summed E-state index contributed by atoms with van der Waals surface area (Å²) in [6.07, 6.45) is 7.11. The van der Waals surface area contributed by atoms with Crippen molar-refractivity contribution in [2.45, 2.75) is 26.2 Å². The second-order valence-electron chi connectivity index (χ2n) is 3.75. The molecule has 2 aromatic heterocycles. The summed E-state index contributed by atoms with van der Waals surface area (Å²) >= 11 is 0. The molecule has 2 rings (SSSR count). The van der Waals surface area contributed by atoms with E-state index in [1.807, 2.05) is 6.20 Å². The van der Waals surface area contributed by atoms with Crippen molar-refractivity contribution in [2.24, 2.45) is 5.73 Å². The molecule has 0 saturated carbocycles. The third kappa shape index (κ3) is 2.02. The zero-order valence-corrected chi connectivity index (χ0v) is 9.11. The van der Waals surface area contributed by atoms with Crippen LogP contribution in [0.3, 0.4) is 0 Å². The van der Waals surface area contributed by atoms with E-state index in [0.717, 1.165) is 31.6 Å². The highest BCUT2D eigenvalue weighted by atomic mass is 15.0. The van der Waals surface area contributed by atoms with Crippen LogP contribution in [-0.2, 0) is 12.8 Å². The Morgan fingerprint density at radius 2 is 2.33 bits per heavy atom. The van der Waals surface area contributed by atoms with Crippen molar-refractivity contribution in [3.63, 3.8) is 0 Å². The van der Waals surface area contributed by atoms with Gasteiger partial charge in [0.1, 0.15) is 5.82 Å². The lowest BCUT2D eigenvalue weighted by Gasteiger charge is -2.02. The molecule has 2 N–H and O–H groups in total. The summed E-state index contributed by atoms with van der Waals surface area (Å²) in [5.41, 5.74) is 8.02. The standard InChI is InChI=1S/C12H17N3/c1-2-12-14-9-11-8-10(4-3-6-13)5-7-15(11)12/h5,7-9H,2-4,6,13H2,1H3. The molecule has 0 saturated heterocycles. The molecule has 0 amide bonds. The van der Waals surface area contributed by atoms with Crippen molar-refractivity contribution in [3.05, 3.63) is 35.9 Å². The van der Waals surface area contributed by atoms with Gasteiger partial charge in [-0.15, -0.1) is 0 Å². The summed E-state index contributed by atoms with van der Waals surface area (Å²) in [6.45, 7) is 2.88. The van der Waals surface area contributed by atoms with Gasteiger partial charge < -0.3 is 10.1 Å². The van der Waals surface area contributed by atoms with Crippen LogP contribution in [0.25, 0.3) is 5.52 Å². The van der Waals surface area contributed by atoms with E-state index in [9.17, 15) is 0 Å². The van der Waals surface area contributed by atoms with Crippen LogP contribution in [0.5, 0.6) is 0 Å². The number of hydrogen-bond donors (Lipinski definition) is 1. The molecule has 2 heterocycles. The van der Waals surface area contributed by atoms with Gasteiger partial charge in [-0.05, 0) is 37.1 Å². The normalized spacial score (nSPS) is 11.1. The number of nitrogens with zero attached hydrogens (tertiary/aromatic N) is 2. The first kappa shape index (κ1) is 10.2. The second-order valence-corrected chi connectivity index (χ2v) is 3.75. The zero-order valence-electron chi connectivity index (χ0n) is 9.11. The molecule has 0 aliphatic carbocycles. The quantitative estimate of drug-likeness (QED) is 0.823. The Bertz CT molecular complexity index is 445. The van der Waals surface area contributed by atoms with Gasteiger partial charge in [-0.25, -0.2) is 4.98 Å². The smallest absolute Gasteiger partial charge is 0.112 e. The second kappa shape index (κ2) is 4.45. The first-order chi connectivity index (χ1) is 7.35. The predicted octanol–water partition coefficient (Wildman–Crippen LogP) is 1.79. The molecule has 0 bridgehead atoms. The highest BCUT2D eigenvalue weighted by Crippen LogP contribution is 2.11. The third-order valence-electron chi connectivity index (χ3n) is 2.66. The van der Waals surface area contributed by atoms with Gasteiger partial charge in [0, 0.05) is 12.6 Å². The van der Waals surface area contributed by atoms with Crippen LogP contribution < -0.4 is 5.73 Å². The summed E-state index contributed by atoms with van der Waals surface area (Å²) in [5.74, 6) is 1.12. The van der Waals surface area contributed by atoms with Gasteiger partial charge >= 0.3 is 0 Å². The number of aromatic nitrogens is 2. The van der Waals surface area contributed by atoms with Crippen LogP contribution in [0.2, 0.25) is 0 Å². The molecular formula is C12H17N3. The van der Waals surface area contributed by atoms with Gasteiger partial charge in [0.15, 0.2) is 0 Å². The number of aryl methyl sites for hydroxylation is 2. The van der Waals surface area contributed by atoms with Crippen LogP contribution in [-0.4, -0.2) is 15.9 Å². The topological polar surface area (TPSA) is 43.3 Å². The van der Waals surface area contributed by atoms with Gasteiger partial charge in [-0.3, -0.25) is 0 Å². The van der Waals surface area contributed by atoms with E-state index in [1.165, 1.54) is 11.1 Å². The molecule has 0 radical (unpaired) electrons. The lowest BCUT2D eigenvalue weighted by Crippen LogP contribution is -2.00. The summed E-state index contributed by atoms with van der Waals surface area (Å²) in [5, 5.41) is 0. The summed E-state index contributed by atoms with van der Waals surface area (Å²) < 4.78 is 2.14. The van der Waals surface area contributed by atoms with Crippen LogP contribution in [0, 0.1) is 0 Å². The molecule has 2 aromatic rings. The first-order valence-corrected chi connectivity index (χ1v) is 5.50. The predicted molar refractivity (Wildman–Crippen MR) is 61.9 cm³/mol. The average molecular weight is 203 g/mol. The monoisotopic (exact) mass is 203 g/mol. The zero-order chi connectivity index (χ0) is 10.7. The molecule has 0 unspecified atom stereocenters. The van der Waals surface area contributed by atoms with Crippen LogP contribution in [0.15, 0.2) is 24.5 Å². The van der Waals surface area contributed by atoms with E-state index >= 15 is 0 Å². The average Bonchev–Trinajstić information content (AvgIpc) is 2.68. The van der Waals surface area contributed by atoms with Crippen molar-refractivity contribution < 1.29 is 0 Å². The van der Waals surface area contributed by atoms with Gasteiger partial charge in [0.25, 0.3) is 0 Å². The maximum Gasteiger partial charge on any atom is 0.112 e. The molecular weight excluding hydrogens is 186 g/mol. The van der Waals surface area contributed by atoms with Crippen molar-refractivity contribution in [3.8, 4) is 0 Å². The summed E-state index contributed by atoms with van der Waals surface area (Å²) in [6, 6.07) is 4.35. The fourth-order valence-corrected chi connectivity index (χ4v) is 1.82. The van der Waals surface area contributed by atoms with Crippen molar-refractivity contribution in [2.75, 3.05) is 6.54 Å². The largest absolute Gasteiger partial charge is 0.330 e. The molecule has 0 aliphatic rings. The lowest BCUT2D eigenvalue weighted by molar-refractivity contribution is 0.830. The van der Waals surface area contributed by atoms with Crippen LogP contribution in [0.4, 0.5) is 0 Å². The summed E-state index contributed by atoms with van der Waals surface area (Å²) in [7, 11) is 0. The van der Waals surface area contributed by atoms with Crippen molar-refractivity contribution in [1.29, 1.82) is 0 Å². The Hall–Kier alpha value is -1.35. The fraction of sp³-hybridized carbons (Fsp3) is 0.417. The number of fused-ring (bicyclic) bond motifs is 1. The molecule has 0 spiro atoms. The van der Waals surface area contributed by atoms with E-state index in [2.05, 4.69) is 34.6 Å². The molecule has 80 valence electrons. The molecule has 0 aliphatic heterocycles. The highest BCUT2D eigenvalue weighted by Gasteiger charge is 2.01. The minimum atomic E-state index is 0.755. The van der Waals surface area contributed by atoms with Crippen molar-refractivity contribution in [1.82, 2.24) is 9.38 Å². The van der Waals surface area contributed by atoms with Gasteiger partial charge in [0.05, 0.1) is 11.7 Å². The number of nitrogens with two attached hydrogens (primary N) is 1. The molecule has 3 heteroatoms. The molecule has 3 nitrogen and oxygen atoms in total. The minimum Gasteiger partial charge on any atom is -0.330 e. The van der Waals surface area contributed by atoms with E-state index in [1.54, 1.807) is 0 Å². The molecule has 0 fully saturated rings. The lowest BCUT2D eigenvalue weighted by atomic mass is 10.1. The minimum absolute atomic E-state index is 0.755. The number of hydrogen-bond acceptors (Lipinski definition) is 2. The van der Waals surface area contributed by atoms with Gasteiger partial charge in [-0.1, -0.05) is 6.92 Å². The fourth-order valence-electron chi connectivity index (χ4n) is 1.82. The van der Waals surface area contributed by atoms with Crippen molar-refractivity contribution >= 4 is 5.52 Å². The van der Waals surface area contributed by atoms with E-state index < -0.39 is 0 Å². The van der Waals surface area contributed by atoms with Gasteiger partial charge in [-0.2, -0.15) is 0 Å². The Labute approximate surface area is 89.9 Å². The molecule has 15 heavy (non-hydrogen) atoms. The highest BCUT2D eigenvalue weighted by molar-refractivity contribution is 5.48. The third-order valence-corrected chi connectivity index (χ3v) is 2.66. The van der Waals surface area contributed by atoms with E-state index in [-0.39, 0.29) is 0 Å². The number of imidazole rings is 1. The Balaban J connectivity index is 2.31. The Morgan fingerprint density at radius 3 is 3.07 bits per heavy atom. The van der Waals surface area contributed by atoms with E-state index in [0.29, 0.717) is 0 Å². The van der Waals surface area contributed by atoms with E-state index in [4.69, 9.17) is 5.73 Å². The van der Waals surface area contributed by atoms with Crippen LogP contribution >= 0.6 is 0 Å².